The molecule has 160 valence electrons. The first-order valence-corrected chi connectivity index (χ1v) is 10.3. The second kappa shape index (κ2) is 11.0. The lowest BCUT2D eigenvalue weighted by Crippen LogP contribution is -2.54. The molecule has 0 unspecified atom stereocenters. The number of rotatable bonds is 7. The molecule has 1 fully saturated rings. The third-order valence-corrected chi connectivity index (χ3v) is 5.16. The van der Waals surface area contributed by atoms with Crippen molar-refractivity contribution in [1.82, 2.24) is 15.5 Å². The first-order chi connectivity index (χ1) is 14.5. The van der Waals surface area contributed by atoms with Crippen molar-refractivity contribution in [2.45, 2.75) is 19.0 Å². The van der Waals surface area contributed by atoms with Crippen LogP contribution in [0.15, 0.2) is 48.5 Å². The van der Waals surface area contributed by atoms with E-state index in [4.69, 9.17) is 16.3 Å². The molecule has 1 saturated heterocycles. The van der Waals surface area contributed by atoms with E-state index < -0.39 is 0 Å². The van der Waals surface area contributed by atoms with Crippen molar-refractivity contribution in [2.24, 2.45) is 0 Å². The molecule has 0 radical (unpaired) electrons. The minimum absolute atomic E-state index is 0.0963. The summed E-state index contributed by atoms with van der Waals surface area (Å²) in [5.74, 6) is 0.0963. The van der Waals surface area contributed by atoms with Crippen LogP contribution in [0.5, 0.6) is 0 Å². The van der Waals surface area contributed by atoms with E-state index in [-0.39, 0.29) is 18.0 Å². The lowest BCUT2D eigenvalue weighted by molar-refractivity contribution is -0.131. The van der Waals surface area contributed by atoms with Gasteiger partial charge in [-0.15, -0.1) is 0 Å². The Balaban J connectivity index is 1.45. The summed E-state index contributed by atoms with van der Waals surface area (Å²) in [6.45, 7) is 3.12. The van der Waals surface area contributed by atoms with Crippen LogP contribution in [0.25, 0.3) is 0 Å². The minimum Gasteiger partial charge on any atom is -0.383 e. The van der Waals surface area contributed by atoms with E-state index in [1.807, 2.05) is 29.2 Å². The topological polar surface area (TPSA) is 82.7 Å². The normalized spacial score (nSPS) is 16.2. The number of nitrogens with one attached hydrogen (secondary N) is 3. The number of amides is 3. The van der Waals surface area contributed by atoms with Crippen molar-refractivity contribution < 1.29 is 14.3 Å². The number of hydrogen-bond donors (Lipinski definition) is 3. The first-order valence-electron chi connectivity index (χ1n) is 9.92. The highest BCUT2D eigenvalue weighted by Gasteiger charge is 2.23. The number of methoxy groups -OCH3 is 1. The molecule has 0 bridgehead atoms. The van der Waals surface area contributed by atoms with Crippen LogP contribution in [0.2, 0.25) is 5.02 Å². The van der Waals surface area contributed by atoms with Crippen LogP contribution in [0.3, 0.4) is 0 Å². The average Bonchev–Trinajstić information content (AvgIpc) is 2.75. The number of carbonyl (C=O) groups is 2. The van der Waals surface area contributed by atoms with Crippen LogP contribution in [0.1, 0.15) is 11.1 Å². The summed E-state index contributed by atoms with van der Waals surface area (Å²) in [6, 6.07) is 14.5. The fourth-order valence-corrected chi connectivity index (χ4v) is 3.44. The quantitative estimate of drug-likeness (QED) is 0.630. The summed E-state index contributed by atoms with van der Waals surface area (Å²) in [7, 11) is 1.66. The summed E-state index contributed by atoms with van der Waals surface area (Å²) in [5, 5.41) is 9.60. The summed E-state index contributed by atoms with van der Waals surface area (Å²) >= 11 is 5.86. The standard InChI is InChI=1S/C22H27ClN4O3/c1-30-15-20-14-27(11-10-24-20)21(28)12-16-4-8-19(9-5-16)26-22(29)25-13-17-2-6-18(23)7-3-17/h2-9,20,24H,10-15H2,1H3,(H2,25,26,29)/t20-/m1/s1. The molecule has 1 heterocycles. The molecule has 0 aromatic heterocycles. The zero-order valence-corrected chi connectivity index (χ0v) is 17.7. The van der Waals surface area contributed by atoms with Gasteiger partial charge in [0.2, 0.25) is 5.91 Å². The number of carbonyl (C=O) groups excluding carboxylic acids is 2. The van der Waals surface area contributed by atoms with E-state index in [2.05, 4.69) is 16.0 Å². The lowest BCUT2D eigenvalue weighted by Gasteiger charge is -2.33. The molecule has 8 heteroatoms. The molecule has 7 nitrogen and oxygen atoms in total. The van der Waals surface area contributed by atoms with Crippen LogP contribution in [-0.4, -0.2) is 56.2 Å². The Kier molecular flexibility index (Phi) is 8.07. The van der Waals surface area contributed by atoms with Crippen molar-refractivity contribution >= 4 is 29.2 Å². The van der Waals surface area contributed by atoms with Gasteiger partial charge in [0.15, 0.2) is 0 Å². The first kappa shape index (κ1) is 22.1. The Bertz CT molecular complexity index is 840. The van der Waals surface area contributed by atoms with Gasteiger partial charge in [-0.2, -0.15) is 0 Å². The Morgan fingerprint density at radius 1 is 1.13 bits per heavy atom. The number of benzene rings is 2. The monoisotopic (exact) mass is 430 g/mol. The van der Waals surface area contributed by atoms with Crippen molar-refractivity contribution in [2.75, 3.05) is 38.7 Å². The number of piperazine rings is 1. The van der Waals surface area contributed by atoms with Gasteiger partial charge in [-0.05, 0) is 35.4 Å². The smallest absolute Gasteiger partial charge is 0.319 e. The van der Waals surface area contributed by atoms with Gasteiger partial charge in [-0.25, -0.2) is 4.79 Å². The number of halogens is 1. The molecule has 1 atom stereocenters. The van der Waals surface area contributed by atoms with E-state index in [1.165, 1.54) is 0 Å². The second-order valence-electron chi connectivity index (χ2n) is 7.25. The maximum atomic E-state index is 12.6. The minimum atomic E-state index is -0.293. The fourth-order valence-electron chi connectivity index (χ4n) is 3.32. The van der Waals surface area contributed by atoms with Crippen molar-refractivity contribution in [3.05, 3.63) is 64.7 Å². The lowest BCUT2D eigenvalue weighted by atomic mass is 10.1. The maximum absolute atomic E-state index is 12.6. The molecule has 1 aliphatic heterocycles. The average molecular weight is 431 g/mol. The Hall–Kier alpha value is -2.61. The maximum Gasteiger partial charge on any atom is 0.319 e. The van der Waals surface area contributed by atoms with Crippen LogP contribution < -0.4 is 16.0 Å². The molecule has 0 saturated carbocycles. The number of hydrogen-bond acceptors (Lipinski definition) is 4. The van der Waals surface area contributed by atoms with E-state index in [9.17, 15) is 9.59 Å². The predicted octanol–water partition coefficient (Wildman–Crippen LogP) is 2.65. The molecule has 3 rings (SSSR count). The summed E-state index contributed by atoms with van der Waals surface area (Å²) in [5.41, 5.74) is 2.54. The predicted molar refractivity (Wildman–Crippen MR) is 118 cm³/mol. The molecule has 1 aliphatic rings. The largest absolute Gasteiger partial charge is 0.383 e. The van der Waals surface area contributed by atoms with Gasteiger partial charge >= 0.3 is 6.03 Å². The van der Waals surface area contributed by atoms with Gasteiger partial charge in [0.1, 0.15) is 0 Å². The fraction of sp³-hybridized carbons (Fsp3) is 0.364. The highest BCUT2D eigenvalue weighted by Crippen LogP contribution is 2.13. The third kappa shape index (κ3) is 6.73. The number of nitrogens with zero attached hydrogens (tertiary/aromatic N) is 1. The van der Waals surface area contributed by atoms with Gasteiger partial charge < -0.3 is 25.6 Å². The molecular weight excluding hydrogens is 404 g/mol. The zero-order valence-electron chi connectivity index (χ0n) is 17.0. The molecule has 0 spiro atoms. The highest BCUT2D eigenvalue weighted by molar-refractivity contribution is 6.30. The molecule has 0 aliphatic carbocycles. The third-order valence-electron chi connectivity index (χ3n) is 4.91. The molecule has 30 heavy (non-hydrogen) atoms. The van der Waals surface area contributed by atoms with Crippen LogP contribution in [0.4, 0.5) is 10.5 Å². The van der Waals surface area contributed by atoms with Crippen LogP contribution in [0, 0.1) is 0 Å². The van der Waals surface area contributed by atoms with Gasteiger partial charge in [0.05, 0.1) is 13.0 Å². The molecule has 3 N–H and O–H groups in total. The SMILES string of the molecule is COC[C@H]1CN(C(=O)Cc2ccc(NC(=O)NCc3ccc(Cl)cc3)cc2)CCN1. The second-order valence-corrected chi connectivity index (χ2v) is 7.69. The van der Waals surface area contributed by atoms with Crippen molar-refractivity contribution in [1.29, 1.82) is 0 Å². The number of ether oxygens (including phenoxy) is 1. The summed E-state index contributed by atoms with van der Waals surface area (Å²) in [6.07, 6.45) is 0.336. The molecule has 2 aromatic carbocycles. The van der Waals surface area contributed by atoms with Gasteiger partial charge in [-0.1, -0.05) is 35.9 Å². The van der Waals surface area contributed by atoms with Gasteiger partial charge in [0, 0.05) is 50.0 Å². The summed E-state index contributed by atoms with van der Waals surface area (Å²) in [4.78, 5) is 26.5. The summed E-state index contributed by atoms with van der Waals surface area (Å²) < 4.78 is 5.17. The van der Waals surface area contributed by atoms with E-state index in [0.29, 0.717) is 43.4 Å². The molecular formula is C22H27ClN4O3. The van der Waals surface area contributed by atoms with Crippen molar-refractivity contribution in [3.8, 4) is 0 Å². The number of anilines is 1. The zero-order chi connectivity index (χ0) is 21.3. The van der Waals surface area contributed by atoms with E-state index >= 15 is 0 Å². The molecule has 3 amide bonds. The van der Waals surface area contributed by atoms with Gasteiger partial charge in [-0.3, -0.25) is 4.79 Å². The number of urea groups is 1. The van der Waals surface area contributed by atoms with E-state index in [0.717, 1.165) is 17.7 Å². The Labute approximate surface area is 181 Å². The Morgan fingerprint density at radius 3 is 2.53 bits per heavy atom. The van der Waals surface area contributed by atoms with Crippen molar-refractivity contribution in [3.63, 3.8) is 0 Å². The van der Waals surface area contributed by atoms with E-state index in [1.54, 1.807) is 31.4 Å². The van der Waals surface area contributed by atoms with Gasteiger partial charge in [0.25, 0.3) is 0 Å². The Morgan fingerprint density at radius 2 is 1.83 bits per heavy atom. The molecule has 2 aromatic rings. The van der Waals surface area contributed by atoms with Crippen LogP contribution >= 0.6 is 11.6 Å². The highest BCUT2D eigenvalue weighted by atomic mass is 35.5. The van der Waals surface area contributed by atoms with Crippen LogP contribution in [-0.2, 0) is 22.5 Å².